The third kappa shape index (κ3) is 4.42. The average Bonchev–Trinajstić information content (AvgIpc) is 3.09. The lowest BCUT2D eigenvalue weighted by Gasteiger charge is -2.16. The number of methoxy groups -OCH3 is 1. The zero-order chi connectivity index (χ0) is 22.7. The van der Waals surface area contributed by atoms with Gasteiger partial charge in [0.2, 0.25) is 5.91 Å². The molecule has 0 spiro atoms. The van der Waals surface area contributed by atoms with Gasteiger partial charge in [-0.1, -0.05) is 30.8 Å². The molecule has 0 atom stereocenters. The van der Waals surface area contributed by atoms with E-state index in [0.29, 0.717) is 11.3 Å². The fourth-order valence-electron chi connectivity index (χ4n) is 3.28. The third-order valence-corrected chi connectivity index (χ3v) is 4.81. The van der Waals surface area contributed by atoms with Gasteiger partial charge in [-0.25, -0.2) is 9.79 Å². The molecule has 2 aromatic rings. The number of esters is 1. The SMILES string of the molecule is C=C(C(=O)N=C(C)C(=O)OC)N1Cc2c(cccc2-c2ccc(NC(C)=O)cc2)C1=O. The highest BCUT2D eigenvalue weighted by molar-refractivity contribution is 6.37. The summed E-state index contributed by atoms with van der Waals surface area (Å²) in [5, 5.41) is 2.71. The van der Waals surface area contributed by atoms with E-state index >= 15 is 0 Å². The second-order valence-corrected chi connectivity index (χ2v) is 6.92. The fourth-order valence-corrected chi connectivity index (χ4v) is 3.28. The number of carbonyl (C=O) groups excluding carboxylic acids is 4. The molecule has 0 radical (unpaired) electrons. The molecule has 0 aromatic heterocycles. The number of hydrogen-bond acceptors (Lipinski definition) is 5. The summed E-state index contributed by atoms with van der Waals surface area (Å²) in [5.41, 5.74) is 3.32. The van der Waals surface area contributed by atoms with Gasteiger partial charge in [0.25, 0.3) is 11.8 Å². The summed E-state index contributed by atoms with van der Waals surface area (Å²) < 4.78 is 4.53. The van der Waals surface area contributed by atoms with Crippen LogP contribution in [0.25, 0.3) is 11.1 Å². The number of anilines is 1. The topological polar surface area (TPSA) is 105 Å². The van der Waals surface area contributed by atoms with Gasteiger partial charge in [-0.05, 0) is 41.8 Å². The summed E-state index contributed by atoms with van der Waals surface area (Å²) in [6.07, 6.45) is 0. The van der Waals surface area contributed by atoms with Gasteiger partial charge in [-0.15, -0.1) is 0 Å². The lowest BCUT2D eigenvalue weighted by Crippen LogP contribution is -2.27. The molecule has 31 heavy (non-hydrogen) atoms. The van der Waals surface area contributed by atoms with Gasteiger partial charge >= 0.3 is 5.97 Å². The molecule has 8 heteroatoms. The van der Waals surface area contributed by atoms with Crippen LogP contribution in [-0.2, 0) is 25.7 Å². The van der Waals surface area contributed by atoms with Gasteiger partial charge in [0.15, 0.2) is 0 Å². The molecule has 0 unspecified atom stereocenters. The molecule has 3 amide bonds. The van der Waals surface area contributed by atoms with Gasteiger partial charge in [-0.2, -0.15) is 0 Å². The maximum Gasteiger partial charge on any atom is 0.352 e. The number of benzene rings is 2. The van der Waals surface area contributed by atoms with Crippen LogP contribution in [0.15, 0.2) is 59.7 Å². The van der Waals surface area contributed by atoms with E-state index < -0.39 is 11.9 Å². The Balaban J connectivity index is 1.88. The lowest BCUT2D eigenvalue weighted by molar-refractivity contribution is -0.133. The van der Waals surface area contributed by atoms with E-state index in [2.05, 4.69) is 21.6 Å². The molecule has 158 valence electrons. The molecule has 0 saturated heterocycles. The number of rotatable bonds is 5. The largest absolute Gasteiger partial charge is 0.465 e. The number of nitrogens with one attached hydrogen (secondary N) is 1. The molecule has 2 aromatic carbocycles. The van der Waals surface area contributed by atoms with Crippen LogP contribution >= 0.6 is 0 Å². The molecule has 8 nitrogen and oxygen atoms in total. The van der Waals surface area contributed by atoms with Crippen molar-refractivity contribution in [3.05, 3.63) is 65.9 Å². The summed E-state index contributed by atoms with van der Waals surface area (Å²) in [6, 6.07) is 12.6. The molecule has 0 bridgehead atoms. The molecule has 1 heterocycles. The van der Waals surface area contributed by atoms with E-state index in [1.165, 1.54) is 25.9 Å². The number of nitrogens with zero attached hydrogens (tertiary/aromatic N) is 2. The van der Waals surface area contributed by atoms with Crippen LogP contribution in [0.2, 0.25) is 0 Å². The Morgan fingerprint density at radius 2 is 1.71 bits per heavy atom. The van der Waals surface area contributed by atoms with Crippen LogP contribution in [0.3, 0.4) is 0 Å². The van der Waals surface area contributed by atoms with Crippen LogP contribution < -0.4 is 5.32 Å². The van der Waals surface area contributed by atoms with E-state index in [4.69, 9.17) is 0 Å². The average molecular weight is 419 g/mol. The summed E-state index contributed by atoms with van der Waals surface area (Å²) in [5.74, 6) is -2.05. The second kappa shape index (κ2) is 8.74. The third-order valence-electron chi connectivity index (χ3n) is 4.81. The number of hydrogen-bond donors (Lipinski definition) is 1. The van der Waals surface area contributed by atoms with Crippen LogP contribution in [0.4, 0.5) is 5.69 Å². The van der Waals surface area contributed by atoms with Crippen molar-refractivity contribution in [3.8, 4) is 11.1 Å². The molecule has 1 aliphatic heterocycles. The highest BCUT2D eigenvalue weighted by Crippen LogP contribution is 2.34. The van der Waals surface area contributed by atoms with Crippen molar-refractivity contribution in [1.29, 1.82) is 0 Å². The summed E-state index contributed by atoms with van der Waals surface area (Å²) in [6.45, 7) is 6.64. The molecule has 0 aliphatic carbocycles. The van der Waals surface area contributed by atoms with Crippen LogP contribution in [0.1, 0.15) is 29.8 Å². The van der Waals surface area contributed by atoms with Crippen LogP contribution in [0, 0.1) is 0 Å². The Kier molecular flexibility index (Phi) is 6.10. The number of aliphatic imine (C=N–C) groups is 1. The minimum atomic E-state index is -0.787. The monoisotopic (exact) mass is 419 g/mol. The van der Waals surface area contributed by atoms with Crippen molar-refractivity contribution in [1.82, 2.24) is 4.90 Å². The maximum atomic E-state index is 12.9. The highest BCUT2D eigenvalue weighted by atomic mass is 16.5. The van der Waals surface area contributed by atoms with Gasteiger partial charge in [0, 0.05) is 18.2 Å². The first kappa shape index (κ1) is 21.6. The Bertz CT molecular complexity index is 1130. The Morgan fingerprint density at radius 1 is 1.06 bits per heavy atom. The minimum Gasteiger partial charge on any atom is -0.465 e. The Labute approximate surface area is 179 Å². The summed E-state index contributed by atoms with van der Waals surface area (Å²) in [7, 11) is 1.19. The number of carbonyl (C=O) groups is 4. The predicted molar refractivity (Wildman–Crippen MR) is 115 cm³/mol. The van der Waals surface area contributed by atoms with Crippen molar-refractivity contribution < 1.29 is 23.9 Å². The van der Waals surface area contributed by atoms with Crippen molar-refractivity contribution in [2.45, 2.75) is 20.4 Å². The van der Waals surface area contributed by atoms with Gasteiger partial charge < -0.3 is 10.1 Å². The lowest BCUT2D eigenvalue weighted by atomic mass is 9.97. The first-order valence-corrected chi connectivity index (χ1v) is 9.41. The van der Waals surface area contributed by atoms with Gasteiger partial charge in [0.05, 0.1) is 13.7 Å². The van der Waals surface area contributed by atoms with Crippen molar-refractivity contribution in [3.63, 3.8) is 0 Å². The normalized spacial score (nSPS) is 12.9. The minimum absolute atomic E-state index is 0.127. The van der Waals surface area contributed by atoms with Crippen molar-refractivity contribution in [2.24, 2.45) is 4.99 Å². The first-order chi connectivity index (χ1) is 14.7. The number of amides is 3. The molecule has 1 N–H and O–H groups in total. The number of ether oxygens (including phenoxy) is 1. The molecular formula is C23H21N3O5. The molecular weight excluding hydrogens is 398 g/mol. The summed E-state index contributed by atoms with van der Waals surface area (Å²) >= 11 is 0. The second-order valence-electron chi connectivity index (χ2n) is 6.92. The quantitative estimate of drug-likeness (QED) is 0.456. The summed E-state index contributed by atoms with van der Waals surface area (Å²) in [4.78, 5) is 52.9. The molecule has 3 rings (SSSR count). The molecule has 0 saturated carbocycles. The van der Waals surface area contributed by atoms with E-state index in [-0.39, 0.29) is 29.8 Å². The van der Waals surface area contributed by atoms with Crippen molar-refractivity contribution >= 4 is 35.1 Å². The van der Waals surface area contributed by atoms with Crippen LogP contribution in [0.5, 0.6) is 0 Å². The zero-order valence-corrected chi connectivity index (χ0v) is 17.4. The maximum absolute atomic E-state index is 12.9. The Morgan fingerprint density at radius 3 is 2.32 bits per heavy atom. The molecule has 1 aliphatic rings. The van der Waals surface area contributed by atoms with Gasteiger partial charge in [-0.3, -0.25) is 19.3 Å². The fraction of sp³-hybridized carbons (Fsp3) is 0.174. The van der Waals surface area contributed by atoms with Crippen LogP contribution in [-0.4, -0.2) is 41.4 Å². The molecule has 0 fully saturated rings. The van der Waals surface area contributed by atoms with Crippen molar-refractivity contribution in [2.75, 3.05) is 12.4 Å². The predicted octanol–water partition coefficient (Wildman–Crippen LogP) is 2.94. The van der Waals surface area contributed by atoms with Gasteiger partial charge in [0.1, 0.15) is 11.4 Å². The van der Waals surface area contributed by atoms with E-state index in [1.54, 1.807) is 24.3 Å². The number of fused-ring (bicyclic) bond motifs is 1. The highest BCUT2D eigenvalue weighted by Gasteiger charge is 2.33. The smallest absolute Gasteiger partial charge is 0.352 e. The standard InChI is InChI=1S/C23H21N3O5/c1-13(23(30)31-4)24-21(28)14(2)26-12-20-18(6-5-7-19(20)22(26)29)16-8-10-17(11-9-16)25-15(3)27/h5-11H,2,12H2,1,3-4H3,(H,25,27). The van der Waals surface area contributed by atoms with E-state index in [9.17, 15) is 19.2 Å². The van der Waals surface area contributed by atoms with E-state index in [1.807, 2.05) is 18.2 Å². The first-order valence-electron chi connectivity index (χ1n) is 9.41. The van der Waals surface area contributed by atoms with E-state index in [0.717, 1.165) is 16.7 Å². The zero-order valence-electron chi connectivity index (χ0n) is 17.4. The Hall–Kier alpha value is -4.07.